The maximum atomic E-state index is 11.5. The van der Waals surface area contributed by atoms with Crippen LogP contribution in [0.3, 0.4) is 0 Å². The number of carbonyl (C=O) groups is 1. The summed E-state index contributed by atoms with van der Waals surface area (Å²) in [5, 5.41) is 10.7. The first-order valence-electron chi connectivity index (χ1n) is 4.03. The summed E-state index contributed by atoms with van der Waals surface area (Å²) < 4.78 is 0. The Balaban J connectivity index is 3.23. The molecule has 1 aromatic carbocycles. The molecule has 80 valence electrons. The molecule has 0 spiro atoms. The minimum atomic E-state index is -0.629. The molecule has 6 heteroatoms. The number of nitro benzene ring substituents is 1. The van der Waals surface area contributed by atoms with Crippen molar-refractivity contribution in [3.05, 3.63) is 38.9 Å². The number of halogens is 1. The minimum absolute atomic E-state index is 0.00745. The van der Waals surface area contributed by atoms with Crippen molar-refractivity contribution in [3.63, 3.8) is 0 Å². The van der Waals surface area contributed by atoms with Gasteiger partial charge in [0, 0.05) is 0 Å². The largest absolute Gasteiger partial charge is 0.298 e. The van der Waals surface area contributed by atoms with E-state index in [2.05, 4.69) is 0 Å². The van der Waals surface area contributed by atoms with Crippen LogP contribution in [0.1, 0.15) is 10.4 Å². The first-order valence-corrected chi connectivity index (χ1v) is 5.80. The fourth-order valence-corrected chi connectivity index (χ4v) is 1.80. The highest BCUT2D eigenvalue weighted by molar-refractivity contribution is 7.99. The molecule has 0 unspecified atom stereocenters. The highest BCUT2D eigenvalue weighted by atomic mass is 35.5. The molecule has 0 N–H and O–H groups in total. The normalized spacial score (nSPS) is 10.0. The number of hydrogen-bond acceptors (Lipinski definition) is 4. The van der Waals surface area contributed by atoms with Crippen molar-refractivity contribution in [1.29, 1.82) is 0 Å². The zero-order valence-corrected chi connectivity index (χ0v) is 9.47. The van der Waals surface area contributed by atoms with Crippen LogP contribution >= 0.6 is 23.4 Å². The molecule has 0 saturated heterocycles. The summed E-state index contributed by atoms with van der Waals surface area (Å²) in [7, 11) is 0. The molecular formula is C9H8ClNO3S. The van der Waals surface area contributed by atoms with Gasteiger partial charge in [-0.3, -0.25) is 14.9 Å². The van der Waals surface area contributed by atoms with Crippen LogP contribution in [0.15, 0.2) is 18.2 Å². The number of para-hydroxylation sites is 1. The van der Waals surface area contributed by atoms with Crippen LogP contribution in [-0.4, -0.2) is 22.7 Å². The molecule has 0 saturated carbocycles. The Morgan fingerprint density at radius 1 is 1.60 bits per heavy atom. The third-order valence-corrected chi connectivity index (χ3v) is 2.60. The van der Waals surface area contributed by atoms with Gasteiger partial charge < -0.3 is 0 Å². The highest BCUT2D eigenvalue weighted by Gasteiger charge is 2.22. The van der Waals surface area contributed by atoms with Gasteiger partial charge in [-0.15, -0.1) is 0 Å². The van der Waals surface area contributed by atoms with Gasteiger partial charge >= 0.3 is 0 Å². The summed E-state index contributed by atoms with van der Waals surface area (Å²) >= 11 is 6.98. The molecule has 0 aliphatic carbocycles. The second-order valence-corrected chi connectivity index (χ2v) is 4.02. The van der Waals surface area contributed by atoms with Crippen LogP contribution in [0.5, 0.6) is 0 Å². The summed E-state index contributed by atoms with van der Waals surface area (Å²) in [5.74, 6) is -0.0713. The van der Waals surface area contributed by atoms with Gasteiger partial charge in [-0.2, -0.15) is 11.8 Å². The number of hydrogen-bond donors (Lipinski definition) is 0. The fourth-order valence-electron chi connectivity index (χ4n) is 1.13. The van der Waals surface area contributed by atoms with Gasteiger partial charge in [0.1, 0.15) is 5.02 Å². The summed E-state index contributed by atoms with van der Waals surface area (Å²) in [6.07, 6.45) is 1.76. The van der Waals surface area contributed by atoms with E-state index in [0.29, 0.717) is 0 Å². The number of nitro groups is 1. The average molecular weight is 246 g/mol. The van der Waals surface area contributed by atoms with Crippen LogP contribution in [-0.2, 0) is 0 Å². The van der Waals surface area contributed by atoms with E-state index in [9.17, 15) is 14.9 Å². The Hall–Kier alpha value is -1.07. The molecule has 0 fully saturated rings. The number of ketones is 1. The van der Waals surface area contributed by atoms with Crippen molar-refractivity contribution in [2.24, 2.45) is 0 Å². The number of nitrogens with zero attached hydrogens (tertiary/aromatic N) is 1. The van der Waals surface area contributed by atoms with Crippen molar-refractivity contribution < 1.29 is 9.72 Å². The topological polar surface area (TPSA) is 60.2 Å². The van der Waals surface area contributed by atoms with Crippen LogP contribution in [0.25, 0.3) is 0 Å². The molecule has 0 atom stereocenters. The molecule has 0 aromatic heterocycles. The first kappa shape index (κ1) is 12.0. The van der Waals surface area contributed by atoms with Gasteiger partial charge in [0.25, 0.3) is 5.69 Å². The number of benzene rings is 1. The van der Waals surface area contributed by atoms with Crippen molar-refractivity contribution in [2.45, 2.75) is 0 Å². The van der Waals surface area contributed by atoms with Gasteiger partial charge in [-0.05, 0) is 18.4 Å². The van der Waals surface area contributed by atoms with E-state index in [4.69, 9.17) is 11.6 Å². The summed E-state index contributed by atoms with van der Waals surface area (Å²) in [6.45, 7) is 0. The molecule has 1 rings (SSSR count). The van der Waals surface area contributed by atoms with E-state index in [1.54, 1.807) is 6.26 Å². The quantitative estimate of drug-likeness (QED) is 0.465. The van der Waals surface area contributed by atoms with Gasteiger partial charge in [-0.25, -0.2) is 0 Å². The van der Waals surface area contributed by atoms with Gasteiger partial charge in [0.05, 0.1) is 16.2 Å². The highest BCUT2D eigenvalue weighted by Crippen LogP contribution is 2.28. The lowest BCUT2D eigenvalue weighted by Crippen LogP contribution is -2.06. The van der Waals surface area contributed by atoms with Crippen LogP contribution < -0.4 is 0 Å². The minimum Gasteiger partial charge on any atom is -0.293 e. The number of thioether (sulfide) groups is 1. The lowest BCUT2D eigenvalue weighted by molar-refractivity contribution is -0.385. The van der Waals surface area contributed by atoms with Gasteiger partial charge in [0.2, 0.25) is 0 Å². The standard InChI is InChI=1S/C9H8ClNO3S/c1-15-5-8(12)6-3-2-4-7(10)9(6)11(13)14/h2-4H,5H2,1H3. The van der Waals surface area contributed by atoms with E-state index >= 15 is 0 Å². The summed E-state index contributed by atoms with van der Waals surface area (Å²) in [4.78, 5) is 21.6. The lowest BCUT2D eigenvalue weighted by Gasteiger charge is -2.02. The Labute approximate surface area is 95.8 Å². The molecule has 0 heterocycles. The average Bonchev–Trinajstić information content (AvgIpc) is 2.17. The molecule has 0 bridgehead atoms. The maximum absolute atomic E-state index is 11.5. The zero-order chi connectivity index (χ0) is 11.4. The van der Waals surface area contributed by atoms with E-state index in [0.717, 1.165) is 0 Å². The van der Waals surface area contributed by atoms with Crippen LogP contribution in [0.4, 0.5) is 5.69 Å². The maximum Gasteiger partial charge on any atom is 0.298 e. The van der Waals surface area contributed by atoms with Crippen LogP contribution in [0, 0.1) is 10.1 Å². The van der Waals surface area contributed by atoms with Crippen molar-refractivity contribution >= 4 is 34.8 Å². The molecule has 15 heavy (non-hydrogen) atoms. The second-order valence-electron chi connectivity index (χ2n) is 2.75. The number of rotatable bonds is 4. The van der Waals surface area contributed by atoms with E-state index in [1.807, 2.05) is 0 Å². The third kappa shape index (κ3) is 2.70. The van der Waals surface area contributed by atoms with Crippen molar-refractivity contribution in [1.82, 2.24) is 0 Å². The SMILES string of the molecule is CSCC(=O)c1cccc(Cl)c1[N+](=O)[O-]. The van der Waals surface area contributed by atoms with Crippen molar-refractivity contribution in [3.8, 4) is 0 Å². The van der Waals surface area contributed by atoms with Gasteiger partial charge in [0.15, 0.2) is 5.78 Å². The fraction of sp³-hybridized carbons (Fsp3) is 0.222. The lowest BCUT2D eigenvalue weighted by atomic mass is 10.1. The smallest absolute Gasteiger partial charge is 0.293 e. The molecular weight excluding hydrogens is 238 g/mol. The molecule has 0 aliphatic heterocycles. The predicted octanol–water partition coefficient (Wildman–Crippen LogP) is 2.79. The predicted molar refractivity (Wildman–Crippen MR) is 60.8 cm³/mol. The summed E-state index contributed by atoms with van der Waals surface area (Å²) in [5.41, 5.74) is -0.236. The Morgan fingerprint density at radius 3 is 2.80 bits per heavy atom. The molecule has 0 radical (unpaired) electrons. The molecule has 0 aliphatic rings. The Morgan fingerprint density at radius 2 is 2.27 bits per heavy atom. The number of Topliss-reactive ketones (excluding diaryl/α,β-unsaturated/α-hetero) is 1. The van der Waals surface area contributed by atoms with E-state index < -0.39 is 4.92 Å². The Kier molecular flexibility index (Phi) is 4.11. The zero-order valence-electron chi connectivity index (χ0n) is 7.90. The molecule has 1 aromatic rings. The van der Waals surface area contributed by atoms with E-state index in [-0.39, 0.29) is 27.8 Å². The monoisotopic (exact) mass is 245 g/mol. The molecule has 0 amide bonds. The van der Waals surface area contributed by atoms with Crippen LogP contribution in [0.2, 0.25) is 5.02 Å². The van der Waals surface area contributed by atoms with Gasteiger partial charge in [-0.1, -0.05) is 17.7 Å². The first-order chi connectivity index (χ1) is 7.07. The second kappa shape index (κ2) is 5.14. The molecule has 4 nitrogen and oxygen atoms in total. The van der Waals surface area contributed by atoms with Crippen molar-refractivity contribution in [2.75, 3.05) is 12.0 Å². The number of carbonyl (C=O) groups excluding carboxylic acids is 1. The summed E-state index contributed by atoms with van der Waals surface area (Å²) in [6, 6.07) is 4.35. The Bertz CT molecular complexity index is 408. The third-order valence-electron chi connectivity index (χ3n) is 1.75. The van der Waals surface area contributed by atoms with E-state index in [1.165, 1.54) is 30.0 Å².